The van der Waals surface area contributed by atoms with Crippen LogP contribution in [0.5, 0.6) is 0 Å². The minimum atomic E-state index is -4.17. The zero-order chi connectivity index (χ0) is 23.2. The number of ether oxygens (including phenoxy) is 1. The first-order valence-corrected chi connectivity index (χ1v) is 13.8. The number of phosphoric ester groups is 1. The largest absolute Gasteiger partial charge is 0.475 e. The number of esters is 1. The smallest absolute Gasteiger partial charge is 0.438 e. The summed E-state index contributed by atoms with van der Waals surface area (Å²) in [5, 5.41) is 0. The highest BCUT2D eigenvalue weighted by Crippen LogP contribution is 2.42. The van der Waals surface area contributed by atoms with Crippen molar-refractivity contribution in [3.05, 3.63) is 0 Å². The lowest BCUT2D eigenvalue weighted by Crippen LogP contribution is -2.18. The van der Waals surface area contributed by atoms with Crippen LogP contribution in [0.15, 0.2) is 0 Å². The Labute approximate surface area is 190 Å². The molecule has 0 aromatic heterocycles. The van der Waals surface area contributed by atoms with E-state index in [1.807, 2.05) is 19.0 Å². The molecule has 8 heteroatoms. The predicted molar refractivity (Wildman–Crippen MR) is 126 cm³/mol. The molecule has 1 atom stereocenters. The van der Waals surface area contributed by atoms with Crippen LogP contribution in [0.1, 0.15) is 110 Å². The quantitative estimate of drug-likeness (QED) is 0.0804. The molecular formula is C23H48NO6P. The molecular weight excluding hydrogens is 417 g/mol. The Morgan fingerprint density at radius 3 is 1.68 bits per heavy atom. The van der Waals surface area contributed by atoms with Gasteiger partial charge in [-0.1, -0.05) is 96.8 Å². The SMILES string of the molecule is CCCCCCCCCCCCCCCCCC(=O)OCOP(=O)(O)OCCN(C)C. The van der Waals surface area contributed by atoms with Gasteiger partial charge in [-0.05, 0) is 20.5 Å². The van der Waals surface area contributed by atoms with E-state index in [0.29, 0.717) is 13.0 Å². The topological polar surface area (TPSA) is 85.3 Å². The minimum absolute atomic E-state index is 0.0633. The first-order valence-electron chi connectivity index (χ1n) is 12.3. The van der Waals surface area contributed by atoms with Crippen molar-refractivity contribution in [3.8, 4) is 0 Å². The van der Waals surface area contributed by atoms with Gasteiger partial charge in [0.25, 0.3) is 0 Å². The van der Waals surface area contributed by atoms with Gasteiger partial charge in [0.15, 0.2) is 0 Å². The van der Waals surface area contributed by atoms with Crippen LogP contribution in [0.4, 0.5) is 0 Å². The predicted octanol–water partition coefficient (Wildman–Crippen LogP) is 6.44. The maximum Gasteiger partial charge on any atom is 0.475 e. The molecule has 0 aromatic rings. The lowest BCUT2D eigenvalue weighted by molar-refractivity contribution is -0.151. The summed E-state index contributed by atoms with van der Waals surface area (Å²) in [5.41, 5.74) is 0. The zero-order valence-corrected chi connectivity index (χ0v) is 21.2. The van der Waals surface area contributed by atoms with E-state index in [0.717, 1.165) is 19.3 Å². The van der Waals surface area contributed by atoms with Crippen LogP contribution in [0.25, 0.3) is 0 Å². The van der Waals surface area contributed by atoms with E-state index in [4.69, 9.17) is 9.26 Å². The van der Waals surface area contributed by atoms with Gasteiger partial charge >= 0.3 is 13.8 Å². The third-order valence-electron chi connectivity index (χ3n) is 5.21. The number of hydrogen-bond donors (Lipinski definition) is 1. The zero-order valence-electron chi connectivity index (χ0n) is 20.3. The molecule has 186 valence electrons. The molecule has 1 N–H and O–H groups in total. The van der Waals surface area contributed by atoms with Gasteiger partial charge in [-0.15, -0.1) is 0 Å². The number of rotatable bonds is 23. The van der Waals surface area contributed by atoms with E-state index in [1.54, 1.807) is 0 Å². The summed E-state index contributed by atoms with van der Waals surface area (Å²) in [6.45, 7) is 2.25. The number of carbonyl (C=O) groups is 1. The molecule has 31 heavy (non-hydrogen) atoms. The number of nitrogens with zero attached hydrogens (tertiary/aromatic N) is 1. The monoisotopic (exact) mass is 465 g/mol. The second-order valence-corrected chi connectivity index (χ2v) is 10.0. The van der Waals surface area contributed by atoms with E-state index in [9.17, 15) is 14.3 Å². The van der Waals surface area contributed by atoms with Gasteiger partial charge in [-0.2, -0.15) is 0 Å². The molecule has 0 aliphatic heterocycles. The van der Waals surface area contributed by atoms with E-state index in [2.05, 4.69) is 11.4 Å². The minimum Gasteiger partial charge on any atom is -0.438 e. The maximum atomic E-state index is 11.6. The van der Waals surface area contributed by atoms with Gasteiger partial charge in [-0.25, -0.2) is 9.09 Å². The fourth-order valence-corrected chi connectivity index (χ4v) is 3.82. The van der Waals surface area contributed by atoms with Crippen LogP contribution in [0.3, 0.4) is 0 Å². The van der Waals surface area contributed by atoms with Gasteiger partial charge < -0.3 is 14.5 Å². The summed E-state index contributed by atoms with van der Waals surface area (Å²) >= 11 is 0. The molecule has 0 heterocycles. The molecule has 0 bridgehead atoms. The van der Waals surface area contributed by atoms with Crippen molar-refractivity contribution in [3.63, 3.8) is 0 Å². The summed E-state index contributed by atoms with van der Waals surface area (Å²) < 4.78 is 25.8. The summed E-state index contributed by atoms with van der Waals surface area (Å²) in [4.78, 5) is 22.9. The van der Waals surface area contributed by atoms with Crippen molar-refractivity contribution >= 4 is 13.8 Å². The van der Waals surface area contributed by atoms with Crippen LogP contribution in [-0.2, 0) is 23.1 Å². The molecule has 0 rings (SSSR count). The second-order valence-electron chi connectivity index (χ2n) is 8.57. The molecule has 0 fully saturated rings. The van der Waals surface area contributed by atoms with Crippen LogP contribution in [0.2, 0.25) is 0 Å². The van der Waals surface area contributed by atoms with E-state index in [1.165, 1.54) is 77.0 Å². The van der Waals surface area contributed by atoms with Gasteiger partial charge in [0, 0.05) is 13.0 Å². The number of likely N-dealkylation sites (N-methyl/N-ethyl adjacent to an activating group) is 1. The average Bonchev–Trinajstić information content (AvgIpc) is 2.70. The van der Waals surface area contributed by atoms with Crippen molar-refractivity contribution < 1.29 is 28.0 Å². The number of phosphoric acid groups is 1. The highest BCUT2D eigenvalue weighted by Gasteiger charge is 2.21. The Kier molecular flexibility index (Phi) is 21.1. The van der Waals surface area contributed by atoms with Crippen LogP contribution in [-0.4, -0.2) is 49.8 Å². The molecule has 0 aromatic carbocycles. The number of unbranched alkanes of at least 4 members (excludes halogenated alkanes) is 14. The summed E-state index contributed by atoms with van der Waals surface area (Å²) in [6.07, 6.45) is 19.4. The van der Waals surface area contributed by atoms with Gasteiger partial charge in [0.1, 0.15) is 0 Å². The van der Waals surface area contributed by atoms with Crippen molar-refractivity contribution in [2.45, 2.75) is 110 Å². The third-order valence-corrected chi connectivity index (χ3v) is 6.15. The van der Waals surface area contributed by atoms with E-state index >= 15 is 0 Å². The highest BCUT2D eigenvalue weighted by molar-refractivity contribution is 7.47. The molecule has 0 amide bonds. The molecule has 0 aliphatic carbocycles. The van der Waals surface area contributed by atoms with Gasteiger partial charge in [0.05, 0.1) is 6.61 Å². The lowest BCUT2D eigenvalue weighted by Gasteiger charge is -2.14. The van der Waals surface area contributed by atoms with E-state index in [-0.39, 0.29) is 6.61 Å². The summed E-state index contributed by atoms with van der Waals surface area (Å²) in [7, 11) is -0.520. The highest BCUT2D eigenvalue weighted by atomic mass is 31.2. The lowest BCUT2D eigenvalue weighted by atomic mass is 10.0. The second kappa shape index (κ2) is 21.4. The van der Waals surface area contributed by atoms with Crippen molar-refractivity contribution in [2.75, 3.05) is 34.0 Å². The first kappa shape index (κ1) is 30.5. The van der Waals surface area contributed by atoms with Gasteiger partial charge in [-0.3, -0.25) is 9.32 Å². The van der Waals surface area contributed by atoms with Crippen LogP contribution in [0, 0.1) is 0 Å². The molecule has 1 unspecified atom stereocenters. The van der Waals surface area contributed by atoms with Gasteiger partial charge in [0.2, 0.25) is 6.79 Å². The summed E-state index contributed by atoms with van der Waals surface area (Å²) in [5.74, 6) is -0.414. The van der Waals surface area contributed by atoms with Crippen molar-refractivity contribution in [1.29, 1.82) is 0 Å². The maximum absolute atomic E-state index is 11.6. The summed E-state index contributed by atoms with van der Waals surface area (Å²) in [6, 6.07) is 0. The average molecular weight is 466 g/mol. The molecule has 0 saturated heterocycles. The molecule has 0 radical (unpaired) electrons. The Bertz CT molecular complexity index is 461. The molecule has 7 nitrogen and oxygen atoms in total. The van der Waals surface area contributed by atoms with E-state index < -0.39 is 20.6 Å². The Balaban J connectivity index is 3.36. The Morgan fingerprint density at radius 1 is 0.774 bits per heavy atom. The molecule has 0 saturated carbocycles. The fourth-order valence-electron chi connectivity index (χ4n) is 3.25. The van der Waals surface area contributed by atoms with Crippen molar-refractivity contribution in [1.82, 2.24) is 4.90 Å². The first-order chi connectivity index (χ1) is 14.9. The van der Waals surface area contributed by atoms with Crippen LogP contribution < -0.4 is 0 Å². The Morgan fingerprint density at radius 2 is 1.23 bits per heavy atom. The number of carbonyl (C=O) groups excluding carboxylic acids is 1. The third kappa shape index (κ3) is 24.0. The standard InChI is InChI=1S/C23H48NO6P/c1-4-5-6-7-8-9-10-11-12-13-14-15-16-17-18-19-23(25)28-22-30-31(26,27)29-21-20-24(2)3/h4-22H2,1-3H3,(H,26,27). The number of hydrogen-bond acceptors (Lipinski definition) is 6. The Hall–Kier alpha value is -0.460. The fraction of sp³-hybridized carbons (Fsp3) is 0.957. The molecule has 0 spiro atoms. The van der Waals surface area contributed by atoms with Crippen molar-refractivity contribution in [2.24, 2.45) is 0 Å². The normalized spacial score (nSPS) is 13.5. The van der Waals surface area contributed by atoms with Crippen LogP contribution >= 0.6 is 7.82 Å². The molecule has 0 aliphatic rings.